The topological polar surface area (TPSA) is 40.6 Å². The lowest BCUT2D eigenvalue weighted by Crippen LogP contribution is -2.49. The van der Waals surface area contributed by atoms with Gasteiger partial charge in [0, 0.05) is 32.2 Å². The van der Waals surface area contributed by atoms with Gasteiger partial charge in [-0.2, -0.15) is 4.31 Å². The third-order valence-electron chi connectivity index (χ3n) is 4.63. The van der Waals surface area contributed by atoms with Crippen molar-refractivity contribution in [1.29, 1.82) is 0 Å². The Morgan fingerprint density at radius 2 is 1.60 bits per heavy atom. The lowest BCUT2D eigenvalue weighted by atomic mass is 10.1. The van der Waals surface area contributed by atoms with E-state index in [-0.39, 0.29) is 21.8 Å². The van der Waals surface area contributed by atoms with Crippen molar-refractivity contribution < 1.29 is 12.8 Å². The van der Waals surface area contributed by atoms with Crippen molar-refractivity contribution in [3.8, 4) is 0 Å². The van der Waals surface area contributed by atoms with Crippen LogP contribution >= 0.6 is 11.6 Å². The molecule has 0 saturated carbocycles. The van der Waals surface area contributed by atoms with E-state index >= 15 is 0 Å². The molecule has 0 bridgehead atoms. The Morgan fingerprint density at radius 3 is 2.20 bits per heavy atom. The van der Waals surface area contributed by atoms with Crippen LogP contribution in [0.4, 0.5) is 4.39 Å². The first-order valence-electron chi connectivity index (χ1n) is 8.14. The summed E-state index contributed by atoms with van der Waals surface area (Å²) in [6.45, 7) is 4.08. The summed E-state index contributed by atoms with van der Waals surface area (Å²) in [4.78, 5) is 2.35. The zero-order chi connectivity index (χ0) is 18.0. The van der Waals surface area contributed by atoms with E-state index in [1.165, 1.54) is 22.5 Å². The van der Waals surface area contributed by atoms with Crippen LogP contribution in [0, 0.1) is 5.82 Å². The molecule has 25 heavy (non-hydrogen) atoms. The van der Waals surface area contributed by atoms with Crippen LogP contribution in [-0.2, 0) is 10.0 Å². The summed E-state index contributed by atoms with van der Waals surface area (Å²) in [5.41, 5.74) is 1.02. The highest BCUT2D eigenvalue weighted by atomic mass is 35.5. The molecule has 2 aromatic rings. The molecule has 1 heterocycles. The van der Waals surface area contributed by atoms with Gasteiger partial charge in [-0.15, -0.1) is 0 Å². The van der Waals surface area contributed by atoms with Gasteiger partial charge in [0.25, 0.3) is 0 Å². The zero-order valence-corrected chi connectivity index (χ0v) is 15.5. The van der Waals surface area contributed by atoms with Crippen molar-refractivity contribution in [3.05, 3.63) is 64.9 Å². The number of nitrogens with zero attached hydrogens (tertiary/aromatic N) is 2. The summed E-state index contributed by atoms with van der Waals surface area (Å²) in [6, 6.07) is 13.0. The lowest BCUT2D eigenvalue weighted by molar-refractivity contribution is 0.146. The standard InChI is InChI=1S/C18H20ClFN2O2S/c1-14(15-6-8-16(20)9-7-15)21-10-12-22(13-11-21)25(23,24)18-5-3-2-4-17(18)19/h2-9,14H,10-13H2,1H3. The number of benzene rings is 2. The highest BCUT2D eigenvalue weighted by Crippen LogP contribution is 2.27. The molecule has 2 aromatic carbocycles. The summed E-state index contributed by atoms with van der Waals surface area (Å²) in [5, 5.41) is 0.240. The molecule has 0 spiro atoms. The lowest BCUT2D eigenvalue weighted by Gasteiger charge is -2.37. The summed E-state index contributed by atoms with van der Waals surface area (Å²) in [5.74, 6) is -0.258. The molecular weight excluding hydrogens is 363 g/mol. The summed E-state index contributed by atoms with van der Waals surface area (Å²) in [6.07, 6.45) is 0. The first-order chi connectivity index (χ1) is 11.9. The molecule has 0 N–H and O–H groups in total. The maximum atomic E-state index is 13.1. The molecule has 1 saturated heterocycles. The van der Waals surface area contributed by atoms with E-state index in [0.29, 0.717) is 26.2 Å². The third-order valence-corrected chi connectivity index (χ3v) is 7.03. The number of rotatable bonds is 4. The van der Waals surface area contributed by atoms with Crippen molar-refractivity contribution in [3.63, 3.8) is 0 Å². The van der Waals surface area contributed by atoms with Gasteiger partial charge in [0.15, 0.2) is 0 Å². The van der Waals surface area contributed by atoms with Gasteiger partial charge in [0.2, 0.25) is 10.0 Å². The fraction of sp³-hybridized carbons (Fsp3) is 0.333. The van der Waals surface area contributed by atoms with E-state index in [0.717, 1.165) is 5.56 Å². The predicted octanol–water partition coefficient (Wildman–Crippen LogP) is 3.55. The Labute approximate surface area is 152 Å². The van der Waals surface area contributed by atoms with Crippen LogP contribution < -0.4 is 0 Å². The maximum absolute atomic E-state index is 13.1. The van der Waals surface area contributed by atoms with Gasteiger partial charge in [-0.1, -0.05) is 35.9 Å². The van der Waals surface area contributed by atoms with E-state index < -0.39 is 10.0 Å². The zero-order valence-electron chi connectivity index (χ0n) is 13.9. The van der Waals surface area contributed by atoms with Crippen LogP contribution in [0.3, 0.4) is 0 Å². The average Bonchev–Trinajstić information content (AvgIpc) is 2.62. The van der Waals surface area contributed by atoms with Crippen molar-refractivity contribution in [2.24, 2.45) is 0 Å². The van der Waals surface area contributed by atoms with Gasteiger partial charge in [0.1, 0.15) is 10.7 Å². The highest BCUT2D eigenvalue weighted by Gasteiger charge is 2.31. The SMILES string of the molecule is CC(c1ccc(F)cc1)N1CCN(S(=O)(=O)c2ccccc2Cl)CC1. The molecule has 0 aromatic heterocycles. The summed E-state index contributed by atoms with van der Waals surface area (Å²) < 4.78 is 40.1. The minimum absolute atomic E-state index is 0.103. The molecule has 1 aliphatic heterocycles. The molecule has 1 atom stereocenters. The molecule has 0 amide bonds. The Morgan fingerprint density at radius 1 is 1.00 bits per heavy atom. The first kappa shape index (κ1) is 18.3. The van der Waals surface area contributed by atoms with E-state index in [2.05, 4.69) is 4.90 Å². The molecule has 0 aliphatic carbocycles. The predicted molar refractivity (Wildman–Crippen MR) is 96.6 cm³/mol. The van der Waals surface area contributed by atoms with E-state index in [1.807, 2.05) is 6.92 Å². The molecule has 1 unspecified atom stereocenters. The van der Waals surface area contributed by atoms with Crippen LogP contribution in [0.1, 0.15) is 18.5 Å². The van der Waals surface area contributed by atoms with E-state index in [1.54, 1.807) is 30.3 Å². The summed E-state index contributed by atoms with van der Waals surface area (Å²) in [7, 11) is -3.59. The van der Waals surface area contributed by atoms with Crippen molar-refractivity contribution in [2.75, 3.05) is 26.2 Å². The first-order valence-corrected chi connectivity index (χ1v) is 9.95. The minimum Gasteiger partial charge on any atom is -0.294 e. The van der Waals surface area contributed by atoms with Crippen LogP contribution in [0.5, 0.6) is 0 Å². The fourth-order valence-electron chi connectivity index (χ4n) is 3.08. The van der Waals surface area contributed by atoms with Crippen LogP contribution in [0.25, 0.3) is 0 Å². The third kappa shape index (κ3) is 3.87. The van der Waals surface area contributed by atoms with Gasteiger partial charge in [-0.3, -0.25) is 4.90 Å². The van der Waals surface area contributed by atoms with Crippen LogP contribution in [-0.4, -0.2) is 43.8 Å². The van der Waals surface area contributed by atoms with Crippen molar-refractivity contribution in [2.45, 2.75) is 17.9 Å². The van der Waals surface area contributed by atoms with Crippen molar-refractivity contribution in [1.82, 2.24) is 9.21 Å². The molecule has 0 radical (unpaired) electrons. The maximum Gasteiger partial charge on any atom is 0.244 e. The Bertz CT molecular complexity index is 834. The highest BCUT2D eigenvalue weighted by molar-refractivity contribution is 7.89. The van der Waals surface area contributed by atoms with Crippen molar-refractivity contribution >= 4 is 21.6 Å². The van der Waals surface area contributed by atoms with Gasteiger partial charge in [-0.25, -0.2) is 12.8 Å². The second kappa shape index (κ2) is 7.41. The molecule has 1 aliphatic rings. The number of sulfonamides is 1. The monoisotopic (exact) mass is 382 g/mol. The molecule has 134 valence electrons. The van der Waals surface area contributed by atoms with E-state index in [4.69, 9.17) is 11.6 Å². The van der Waals surface area contributed by atoms with E-state index in [9.17, 15) is 12.8 Å². The van der Waals surface area contributed by atoms with Gasteiger partial charge in [-0.05, 0) is 36.8 Å². The molecule has 7 heteroatoms. The quantitative estimate of drug-likeness (QED) is 0.812. The Hall–Kier alpha value is -1.47. The largest absolute Gasteiger partial charge is 0.294 e. The average molecular weight is 383 g/mol. The number of hydrogen-bond acceptors (Lipinski definition) is 3. The fourth-order valence-corrected chi connectivity index (χ4v) is 4.99. The molecule has 4 nitrogen and oxygen atoms in total. The normalized spacial score (nSPS) is 18.2. The minimum atomic E-state index is -3.59. The number of halogens is 2. The van der Waals surface area contributed by atoms with Crippen LogP contribution in [0.2, 0.25) is 5.02 Å². The molecule has 1 fully saturated rings. The van der Waals surface area contributed by atoms with Gasteiger partial charge < -0.3 is 0 Å². The Balaban J connectivity index is 1.69. The van der Waals surface area contributed by atoms with Gasteiger partial charge >= 0.3 is 0 Å². The van der Waals surface area contributed by atoms with Gasteiger partial charge in [0.05, 0.1) is 5.02 Å². The smallest absolute Gasteiger partial charge is 0.244 e. The second-order valence-electron chi connectivity index (χ2n) is 6.10. The second-order valence-corrected chi connectivity index (χ2v) is 8.41. The van der Waals surface area contributed by atoms with Crippen LogP contribution in [0.15, 0.2) is 53.4 Å². The number of piperazine rings is 1. The molecule has 3 rings (SSSR count). The number of hydrogen-bond donors (Lipinski definition) is 0. The molecular formula is C18H20ClFN2O2S. The Kier molecular flexibility index (Phi) is 5.43. The summed E-state index contributed by atoms with van der Waals surface area (Å²) >= 11 is 6.05.